The highest BCUT2D eigenvalue weighted by molar-refractivity contribution is 4.88. The lowest BCUT2D eigenvalue weighted by atomic mass is 9.94. The molecular formula is C12H24F3N3. The average molecular weight is 267 g/mol. The summed E-state index contributed by atoms with van der Waals surface area (Å²) >= 11 is 0. The third kappa shape index (κ3) is 4.40. The maximum Gasteiger partial charge on any atom is 0.405 e. The van der Waals surface area contributed by atoms with Crippen molar-refractivity contribution < 1.29 is 13.2 Å². The van der Waals surface area contributed by atoms with Gasteiger partial charge in [0.2, 0.25) is 0 Å². The Kier molecular flexibility index (Phi) is 5.43. The van der Waals surface area contributed by atoms with E-state index in [1.165, 1.54) is 11.8 Å². The first-order valence-electron chi connectivity index (χ1n) is 6.43. The van der Waals surface area contributed by atoms with Gasteiger partial charge in [-0.2, -0.15) is 13.2 Å². The Balaban J connectivity index is 2.55. The summed E-state index contributed by atoms with van der Waals surface area (Å²) in [5.41, 5.74) is 5.50. The lowest BCUT2D eigenvalue weighted by molar-refractivity contribution is -0.191. The quantitative estimate of drug-likeness (QED) is 0.838. The number of halogens is 3. The second kappa shape index (κ2) is 6.21. The van der Waals surface area contributed by atoms with Crippen molar-refractivity contribution in [3.8, 4) is 0 Å². The molecule has 0 aromatic heterocycles. The van der Waals surface area contributed by atoms with Gasteiger partial charge in [0.15, 0.2) is 0 Å². The minimum atomic E-state index is -4.23. The van der Waals surface area contributed by atoms with E-state index in [1.807, 2.05) is 14.1 Å². The number of alkyl halides is 3. The molecule has 108 valence electrons. The van der Waals surface area contributed by atoms with Crippen LogP contribution < -0.4 is 5.73 Å². The Morgan fingerprint density at radius 1 is 1.28 bits per heavy atom. The fraction of sp³-hybridized carbons (Fsp3) is 1.00. The lowest BCUT2D eigenvalue weighted by Crippen LogP contribution is -2.57. The number of likely N-dealkylation sites (tertiary alicyclic amines) is 1. The molecule has 1 saturated heterocycles. The van der Waals surface area contributed by atoms with Crippen LogP contribution in [0.1, 0.15) is 19.8 Å². The van der Waals surface area contributed by atoms with Crippen molar-refractivity contribution in [2.24, 2.45) is 11.7 Å². The van der Waals surface area contributed by atoms with Crippen LogP contribution in [-0.2, 0) is 0 Å². The molecule has 1 aliphatic heterocycles. The molecule has 2 N–H and O–H groups in total. The van der Waals surface area contributed by atoms with Crippen molar-refractivity contribution >= 4 is 0 Å². The zero-order valence-electron chi connectivity index (χ0n) is 11.4. The molecule has 2 unspecified atom stereocenters. The molecule has 2 atom stereocenters. The average Bonchev–Trinajstić information content (AvgIpc) is 2.17. The van der Waals surface area contributed by atoms with Gasteiger partial charge in [-0.3, -0.25) is 4.90 Å². The summed E-state index contributed by atoms with van der Waals surface area (Å²) in [6, 6.07) is -2.38. The van der Waals surface area contributed by atoms with Gasteiger partial charge >= 0.3 is 6.18 Å². The van der Waals surface area contributed by atoms with E-state index in [9.17, 15) is 13.2 Å². The van der Waals surface area contributed by atoms with E-state index in [2.05, 4.69) is 4.90 Å². The molecule has 1 heterocycles. The van der Waals surface area contributed by atoms with E-state index in [-0.39, 0.29) is 0 Å². The second-order valence-electron chi connectivity index (χ2n) is 5.59. The van der Waals surface area contributed by atoms with Crippen molar-refractivity contribution in [1.82, 2.24) is 9.80 Å². The van der Waals surface area contributed by atoms with E-state index < -0.39 is 18.3 Å². The summed E-state index contributed by atoms with van der Waals surface area (Å²) in [5.74, 6) is 0.498. The van der Waals surface area contributed by atoms with E-state index in [0.29, 0.717) is 19.0 Å². The van der Waals surface area contributed by atoms with E-state index in [4.69, 9.17) is 5.73 Å². The first kappa shape index (κ1) is 15.7. The van der Waals surface area contributed by atoms with Gasteiger partial charge in [0.1, 0.15) is 6.04 Å². The zero-order valence-corrected chi connectivity index (χ0v) is 11.4. The summed E-state index contributed by atoms with van der Waals surface area (Å²) < 4.78 is 38.8. The van der Waals surface area contributed by atoms with Crippen molar-refractivity contribution in [2.75, 3.05) is 33.7 Å². The fourth-order valence-corrected chi connectivity index (χ4v) is 2.77. The summed E-state index contributed by atoms with van der Waals surface area (Å²) in [7, 11) is 3.99. The van der Waals surface area contributed by atoms with Crippen LogP contribution in [0.15, 0.2) is 0 Å². The molecule has 0 spiro atoms. The Morgan fingerprint density at radius 2 is 1.78 bits per heavy atom. The van der Waals surface area contributed by atoms with Crippen LogP contribution in [0.2, 0.25) is 0 Å². The van der Waals surface area contributed by atoms with Crippen LogP contribution in [-0.4, -0.2) is 61.8 Å². The number of hydrogen-bond donors (Lipinski definition) is 1. The van der Waals surface area contributed by atoms with Gasteiger partial charge in [0.05, 0.1) is 0 Å². The molecule has 6 heteroatoms. The van der Waals surface area contributed by atoms with Gasteiger partial charge in [0, 0.05) is 12.6 Å². The number of hydrogen-bond acceptors (Lipinski definition) is 3. The molecule has 1 aliphatic rings. The largest absolute Gasteiger partial charge is 0.405 e. The first-order valence-corrected chi connectivity index (χ1v) is 6.43. The normalized spacial score (nSPS) is 23.3. The van der Waals surface area contributed by atoms with Crippen molar-refractivity contribution in [2.45, 2.75) is 38.0 Å². The van der Waals surface area contributed by atoms with Crippen LogP contribution in [0.3, 0.4) is 0 Å². The molecule has 3 nitrogen and oxygen atoms in total. The van der Waals surface area contributed by atoms with Gasteiger partial charge in [-0.05, 0) is 52.9 Å². The maximum absolute atomic E-state index is 12.9. The molecule has 18 heavy (non-hydrogen) atoms. The second-order valence-corrected chi connectivity index (χ2v) is 5.59. The first-order chi connectivity index (χ1) is 8.21. The highest BCUT2D eigenvalue weighted by Gasteiger charge is 2.46. The predicted molar refractivity (Wildman–Crippen MR) is 66.3 cm³/mol. The summed E-state index contributed by atoms with van der Waals surface area (Å²) in [5, 5.41) is 0. The third-order valence-electron chi connectivity index (χ3n) is 3.50. The molecule has 1 fully saturated rings. The SMILES string of the molecule is CC(N)C(N1CCC(CN(C)C)CC1)C(F)(F)F. The monoisotopic (exact) mass is 267 g/mol. The van der Waals surface area contributed by atoms with E-state index in [1.54, 1.807) is 0 Å². The summed E-state index contributed by atoms with van der Waals surface area (Å²) in [6.07, 6.45) is -2.60. The van der Waals surface area contributed by atoms with Crippen LogP contribution >= 0.6 is 0 Å². The highest BCUT2D eigenvalue weighted by atomic mass is 19.4. The Hall–Kier alpha value is -0.330. The molecule has 0 radical (unpaired) electrons. The number of rotatable bonds is 4. The van der Waals surface area contributed by atoms with E-state index in [0.717, 1.165) is 19.4 Å². The minimum Gasteiger partial charge on any atom is -0.326 e. The van der Waals surface area contributed by atoms with Gasteiger partial charge in [-0.25, -0.2) is 0 Å². The summed E-state index contributed by atoms with van der Waals surface area (Å²) in [6.45, 7) is 3.36. The molecule has 1 rings (SSSR count). The molecule has 0 aromatic carbocycles. The smallest absolute Gasteiger partial charge is 0.326 e. The van der Waals surface area contributed by atoms with Crippen LogP contribution in [0.25, 0.3) is 0 Å². The Labute approximate surface area is 107 Å². The number of piperidine rings is 1. The summed E-state index contributed by atoms with van der Waals surface area (Å²) in [4.78, 5) is 3.59. The number of nitrogens with two attached hydrogens (primary N) is 1. The lowest BCUT2D eigenvalue weighted by Gasteiger charge is -2.40. The van der Waals surface area contributed by atoms with Gasteiger partial charge in [-0.1, -0.05) is 0 Å². The third-order valence-corrected chi connectivity index (χ3v) is 3.50. The predicted octanol–water partition coefficient (Wildman–Crippen LogP) is 1.54. The maximum atomic E-state index is 12.9. The van der Waals surface area contributed by atoms with Gasteiger partial charge in [0.25, 0.3) is 0 Å². The molecule has 0 bridgehead atoms. The van der Waals surface area contributed by atoms with Crippen molar-refractivity contribution in [1.29, 1.82) is 0 Å². The van der Waals surface area contributed by atoms with Crippen LogP contribution in [0.4, 0.5) is 13.2 Å². The van der Waals surface area contributed by atoms with E-state index >= 15 is 0 Å². The molecule has 0 aliphatic carbocycles. The zero-order chi connectivity index (χ0) is 13.9. The standard InChI is InChI=1S/C12H24F3N3/c1-9(16)11(12(13,14)15)18-6-4-10(5-7-18)8-17(2)3/h9-11H,4-8,16H2,1-3H3. The van der Waals surface area contributed by atoms with Crippen LogP contribution in [0.5, 0.6) is 0 Å². The van der Waals surface area contributed by atoms with Crippen molar-refractivity contribution in [3.63, 3.8) is 0 Å². The van der Waals surface area contributed by atoms with Gasteiger partial charge in [-0.15, -0.1) is 0 Å². The molecule has 0 aromatic rings. The molecule has 0 amide bonds. The number of nitrogens with zero attached hydrogens (tertiary/aromatic N) is 2. The Morgan fingerprint density at radius 3 is 2.11 bits per heavy atom. The fourth-order valence-electron chi connectivity index (χ4n) is 2.77. The Bertz CT molecular complexity index is 245. The molecule has 0 saturated carbocycles. The van der Waals surface area contributed by atoms with Crippen molar-refractivity contribution in [3.05, 3.63) is 0 Å². The molecular weight excluding hydrogens is 243 g/mol. The minimum absolute atomic E-state index is 0.490. The van der Waals surface area contributed by atoms with Gasteiger partial charge < -0.3 is 10.6 Å². The topological polar surface area (TPSA) is 32.5 Å². The highest BCUT2D eigenvalue weighted by Crippen LogP contribution is 2.30. The van der Waals surface area contributed by atoms with Crippen LogP contribution in [0, 0.1) is 5.92 Å².